The zero-order valence-corrected chi connectivity index (χ0v) is 12.3. The highest BCUT2D eigenvalue weighted by Gasteiger charge is 2.38. The third kappa shape index (κ3) is 2.52. The summed E-state index contributed by atoms with van der Waals surface area (Å²) in [6.45, 7) is 2.56. The largest absolute Gasteiger partial charge is 0.243 e. The minimum atomic E-state index is -3.46. The van der Waals surface area contributed by atoms with Gasteiger partial charge >= 0.3 is 0 Å². The van der Waals surface area contributed by atoms with Gasteiger partial charge in [0.1, 0.15) is 0 Å². The van der Waals surface area contributed by atoms with Crippen LogP contribution in [0.1, 0.15) is 13.3 Å². The molecule has 2 atom stereocenters. The van der Waals surface area contributed by atoms with Crippen molar-refractivity contribution in [3.05, 3.63) is 29.3 Å². The number of hydrogen-bond donors (Lipinski definition) is 0. The van der Waals surface area contributed by atoms with Gasteiger partial charge < -0.3 is 0 Å². The van der Waals surface area contributed by atoms with Crippen LogP contribution in [-0.2, 0) is 10.0 Å². The van der Waals surface area contributed by atoms with Crippen LogP contribution >= 0.6 is 23.2 Å². The number of benzene rings is 1. The first-order chi connectivity index (χ1) is 8.46. The van der Waals surface area contributed by atoms with Crippen LogP contribution in [0.25, 0.3) is 0 Å². The zero-order valence-electron chi connectivity index (χ0n) is 10.0. The van der Waals surface area contributed by atoms with E-state index in [2.05, 4.69) is 0 Å². The molecule has 0 spiro atoms. The molecular formula is C12H15Cl2NO2S. The van der Waals surface area contributed by atoms with E-state index < -0.39 is 10.0 Å². The van der Waals surface area contributed by atoms with E-state index in [9.17, 15) is 8.42 Å². The first-order valence-electron chi connectivity index (χ1n) is 5.80. The number of halogens is 2. The van der Waals surface area contributed by atoms with Crippen LogP contribution < -0.4 is 0 Å². The standard InChI is InChI=1S/C12H15Cl2NO2S/c1-9-6-7-15(12(9)8-13)18(16,17)11-4-2-10(14)3-5-11/h2-5,9,12H,6-8H2,1H3. The van der Waals surface area contributed by atoms with Gasteiger partial charge in [-0.25, -0.2) is 8.42 Å². The van der Waals surface area contributed by atoms with Crippen LogP contribution in [0.15, 0.2) is 29.2 Å². The van der Waals surface area contributed by atoms with Crippen molar-refractivity contribution in [3.8, 4) is 0 Å². The molecule has 2 unspecified atom stereocenters. The lowest BCUT2D eigenvalue weighted by molar-refractivity contribution is 0.375. The first kappa shape index (κ1) is 14.1. The predicted molar refractivity (Wildman–Crippen MR) is 73.6 cm³/mol. The van der Waals surface area contributed by atoms with Gasteiger partial charge in [0.2, 0.25) is 10.0 Å². The quantitative estimate of drug-likeness (QED) is 0.805. The molecule has 0 radical (unpaired) electrons. The van der Waals surface area contributed by atoms with Gasteiger partial charge in [-0.15, -0.1) is 11.6 Å². The summed E-state index contributed by atoms with van der Waals surface area (Å²) in [5, 5.41) is 0.526. The van der Waals surface area contributed by atoms with E-state index in [-0.39, 0.29) is 10.9 Å². The van der Waals surface area contributed by atoms with Crippen molar-refractivity contribution < 1.29 is 8.42 Å². The number of sulfonamides is 1. The topological polar surface area (TPSA) is 37.4 Å². The van der Waals surface area contributed by atoms with Crippen LogP contribution in [0.5, 0.6) is 0 Å². The molecular weight excluding hydrogens is 293 g/mol. The molecule has 6 heteroatoms. The lowest BCUT2D eigenvalue weighted by Crippen LogP contribution is -2.38. The van der Waals surface area contributed by atoms with Crippen LogP contribution in [0.4, 0.5) is 0 Å². The highest BCUT2D eigenvalue weighted by atomic mass is 35.5. The minimum Gasteiger partial charge on any atom is -0.207 e. The van der Waals surface area contributed by atoms with Gasteiger partial charge in [-0.05, 0) is 36.6 Å². The van der Waals surface area contributed by atoms with Gasteiger partial charge in [-0.1, -0.05) is 18.5 Å². The predicted octanol–water partition coefficient (Wildman–Crippen LogP) is 2.98. The van der Waals surface area contributed by atoms with Gasteiger partial charge in [0.15, 0.2) is 0 Å². The Kier molecular flexibility index (Phi) is 4.22. The summed E-state index contributed by atoms with van der Waals surface area (Å²) in [5.41, 5.74) is 0. The van der Waals surface area contributed by atoms with Crippen molar-refractivity contribution in [1.82, 2.24) is 4.31 Å². The molecule has 1 aromatic rings. The van der Waals surface area contributed by atoms with Gasteiger partial charge in [-0.3, -0.25) is 0 Å². The maximum Gasteiger partial charge on any atom is 0.243 e. The third-order valence-electron chi connectivity index (χ3n) is 3.41. The summed E-state index contributed by atoms with van der Waals surface area (Å²) >= 11 is 11.7. The third-order valence-corrected chi connectivity index (χ3v) is 5.92. The van der Waals surface area contributed by atoms with Crippen LogP contribution in [0.2, 0.25) is 5.02 Å². The molecule has 0 N–H and O–H groups in total. The van der Waals surface area contributed by atoms with E-state index in [0.29, 0.717) is 23.4 Å². The van der Waals surface area contributed by atoms with Gasteiger partial charge in [0.25, 0.3) is 0 Å². The fourth-order valence-electron chi connectivity index (χ4n) is 2.24. The summed E-state index contributed by atoms with van der Waals surface area (Å²) in [4.78, 5) is 0.274. The second kappa shape index (κ2) is 5.37. The first-order valence-corrected chi connectivity index (χ1v) is 8.15. The maximum atomic E-state index is 12.5. The number of alkyl halides is 1. The van der Waals surface area contributed by atoms with Crippen molar-refractivity contribution >= 4 is 33.2 Å². The highest BCUT2D eigenvalue weighted by Crippen LogP contribution is 2.31. The van der Waals surface area contributed by atoms with Crippen molar-refractivity contribution in [3.63, 3.8) is 0 Å². The molecule has 1 saturated heterocycles. The lowest BCUT2D eigenvalue weighted by atomic mass is 10.1. The maximum absolute atomic E-state index is 12.5. The Morgan fingerprint density at radius 3 is 2.50 bits per heavy atom. The summed E-state index contributed by atoms with van der Waals surface area (Å²) in [7, 11) is -3.46. The summed E-state index contributed by atoms with van der Waals surface area (Å²) in [5.74, 6) is 0.623. The van der Waals surface area contributed by atoms with E-state index in [0.717, 1.165) is 6.42 Å². The Morgan fingerprint density at radius 2 is 1.94 bits per heavy atom. The Bertz CT molecular complexity index is 515. The molecule has 1 fully saturated rings. The summed E-state index contributed by atoms with van der Waals surface area (Å²) < 4.78 is 26.5. The fourth-order valence-corrected chi connectivity index (χ4v) is 4.66. The van der Waals surface area contributed by atoms with Crippen molar-refractivity contribution in [2.45, 2.75) is 24.3 Å². The van der Waals surface area contributed by atoms with Gasteiger partial charge in [0.05, 0.1) is 4.90 Å². The van der Waals surface area contributed by atoms with Crippen LogP contribution in [0, 0.1) is 5.92 Å². The van der Waals surface area contributed by atoms with Crippen molar-refractivity contribution in [2.24, 2.45) is 5.92 Å². The molecule has 0 saturated carbocycles. The molecule has 100 valence electrons. The molecule has 2 rings (SSSR count). The van der Waals surface area contributed by atoms with Crippen molar-refractivity contribution in [2.75, 3.05) is 12.4 Å². The number of rotatable bonds is 3. The van der Waals surface area contributed by atoms with E-state index in [1.165, 1.54) is 16.4 Å². The highest BCUT2D eigenvalue weighted by molar-refractivity contribution is 7.89. The Balaban J connectivity index is 2.34. The van der Waals surface area contributed by atoms with E-state index in [1.54, 1.807) is 12.1 Å². The van der Waals surface area contributed by atoms with E-state index in [4.69, 9.17) is 23.2 Å². The smallest absolute Gasteiger partial charge is 0.207 e. The van der Waals surface area contributed by atoms with Crippen LogP contribution in [-0.4, -0.2) is 31.2 Å². The molecule has 0 amide bonds. The Hall–Kier alpha value is -0.290. The monoisotopic (exact) mass is 307 g/mol. The van der Waals surface area contributed by atoms with Crippen LogP contribution in [0.3, 0.4) is 0 Å². The summed E-state index contributed by atoms with van der Waals surface area (Å²) in [6, 6.07) is 6.12. The number of nitrogens with zero attached hydrogens (tertiary/aromatic N) is 1. The zero-order chi connectivity index (χ0) is 13.3. The molecule has 0 aliphatic carbocycles. The fraction of sp³-hybridized carbons (Fsp3) is 0.500. The van der Waals surface area contributed by atoms with Gasteiger partial charge in [-0.2, -0.15) is 4.31 Å². The molecule has 0 aromatic heterocycles. The van der Waals surface area contributed by atoms with Gasteiger partial charge in [0, 0.05) is 23.5 Å². The minimum absolute atomic E-state index is 0.118. The second-order valence-corrected chi connectivity index (χ2v) is 7.19. The molecule has 1 heterocycles. The molecule has 3 nitrogen and oxygen atoms in total. The molecule has 1 aliphatic rings. The second-order valence-electron chi connectivity index (χ2n) is 4.56. The molecule has 0 bridgehead atoms. The Labute approximate surface area is 118 Å². The average Bonchev–Trinajstić information content (AvgIpc) is 2.71. The molecule has 18 heavy (non-hydrogen) atoms. The Morgan fingerprint density at radius 1 is 1.33 bits per heavy atom. The summed E-state index contributed by atoms with van der Waals surface area (Å²) in [6.07, 6.45) is 0.851. The lowest BCUT2D eigenvalue weighted by Gasteiger charge is -2.24. The SMILES string of the molecule is CC1CCN(S(=O)(=O)c2ccc(Cl)cc2)C1CCl. The molecule has 1 aliphatic heterocycles. The van der Waals surface area contributed by atoms with E-state index >= 15 is 0 Å². The van der Waals surface area contributed by atoms with E-state index in [1.807, 2.05) is 6.92 Å². The normalized spacial score (nSPS) is 25.5. The average molecular weight is 308 g/mol. The number of hydrogen-bond acceptors (Lipinski definition) is 2. The molecule has 1 aromatic carbocycles. The van der Waals surface area contributed by atoms with Crippen molar-refractivity contribution in [1.29, 1.82) is 0 Å².